The second-order valence-electron chi connectivity index (χ2n) is 3.97. The third-order valence-electron chi connectivity index (χ3n) is 2.85. The first-order chi connectivity index (χ1) is 8.77. The molecule has 1 heterocycles. The normalized spacial score (nSPS) is 11.8. The van der Waals surface area contributed by atoms with Gasteiger partial charge >= 0.3 is 6.18 Å². The van der Waals surface area contributed by atoms with Crippen LogP contribution in [0.5, 0.6) is 5.75 Å². The molecule has 0 aliphatic carbocycles. The molecule has 4 nitrogen and oxygen atoms in total. The molecule has 0 unspecified atom stereocenters. The van der Waals surface area contributed by atoms with Gasteiger partial charge in [-0.2, -0.15) is 13.2 Å². The van der Waals surface area contributed by atoms with E-state index in [9.17, 15) is 27.9 Å². The fourth-order valence-electron chi connectivity index (χ4n) is 1.84. The minimum atomic E-state index is -4.57. The number of aryl methyl sites for hydroxylation is 1. The summed E-state index contributed by atoms with van der Waals surface area (Å²) in [6.07, 6.45) is -4.45. The van der Waals surface area contributed by atoms with E-state index in [2.05, 4.69) is 0 Å². The summed E-state index contributed by atoms with van der Waals surface area (Å²) in [5.74, 6) is -0.737. The van der Waals surface area contributed by atoms with Gasteiger partial charge in [-0.15, -0.1) is 0 Å². The number of fused-ring (bicyclic) bond motifs is 1. The summed E-state index contributed by atoms with van der Waals surface area (Å²) in [4.78, 5) is 22.4. The van der Waals surface area contributed by atoms with Crippen molar-refractivity contribution < 1.29 is 23.1 Å². The first-order valence-corrected chi connectivity index (χ1v) is 5.15. The molecule has 7 heteroatoms. The number of halogens is 3. The average molecular weight is 271 g/mol. The summed E-state index contributed by atoms with van der Waals surface area (Å²) in [6.45, 7) is 0. The van der Waals surface area contributed by atoms with Crippen molar-refractivity contribution in [1.82, 2.24) is 4.57 Å². The number of aldehydes is 1. The molecule has 0 amide bonds. The van der Waals surface area contributed by atoms with Crippen molar-refractivity contribution in [2.45, 2.75) is 6.18 Å². The molecule has 0 saturated carbocycles. The van der Waals surface area contributed by atoms with E-state index in [1.54, 1.807) is 0 Å². The highest BCUT2D eigenvalue weighted by atomic mass is 19.4. The first-order valence-electron chi connectivity index (χ1n) is 5.15. The Morgan fingerprint density at radius 1 is 1.32 bits per heavy atom. The molecule has 100 valence electrons. The number of carbonyl (C=O) groups excluding carboxylic acids is 1. The van der Waals surface area contributed by atoms with Crippen LogP contribution in [0.4, 0.5) is 13.2 Å². The number of alkyl halides is 3. The molecular formula is C12H8F3NO3. The van der Waals surface area contributed by atoms with E-state index in [-0.39, 0.29) is 17.2 Å². The molecule has 0 fully saturated rings. The second-order valence-corrected chi connectivity index (χ2v) is 3.97. The third kappa shape index (κ3) is 1.96. The monoisotopic (exact) mass is 271 g/mol. The van der Waals surface area contributed by atoms with Gasteiger partial charge < -0.3 is 9.67 Å². The number of aromatic hydroxyl groups is 1. The van der Waals surface area contributed by atoms with Gasteiger partial charge in [-0.1, -0.05) is 0 Å². The van der Waals surface area contributed by atoms with Gasteiger partial charge in [-0.25, -0.2) is 0 Å². The molecule has 1 aromatic carbocycles. The minimum Gasteiger partial charge on any atom is -0.506 e. The second kappa shape index (κ2) is 4.11. The highest BCUT2D eigenvalue weighted by molar-refractivity contribution is 5.93. The number of aromatic nitrogens is 1. The Kier molecular flexibility index (Phi) is 2.84. The molecular weight excluding hydrogens is 263 g/mol. The van der Waals surface area contributed by atoms with Crippen LogP contribution in [-0.2, 0) is 13.2 Å². The summed E-state index contributed by atoms with van der Waals surface area (Å²) in [5.41, 5.74) is -2.18. The topological polar surface area (TPSA) is 59.3 Å². The van der Waals surface area contributed by atoms with Crippen LogP contribution in [0.2, 0.25) is 0 Å². The molecule has 1 N–H and O–H groups in total. The largest absolute Gasteiger partial charge is 0.506 e. The maximum Gasteiger partial charge on any atom is 0.416 e. The van der Waals surface area contributed by atoms with E-state index in [4.69, 9.17) is 0 Å². The van der Waals surface area contributed by atoms with Gasteiger partial charge in [0.2, 0.25) is 0 Å². The molecule has 1 aromatic heterocycles. The summed E-state index contributed by atoms with van der Waals surface area (Å²) in [6, 6.07) is 2.59. The van der Waals surface area contributed by atoms with Crippen molar-refractivity contribution in [3.8, 4) is 5.75 Å². The molecule has 0 aliphatic rings. The summed E-state index contributed by atoms with van der Waals surface area (Å²) >= 11 is 0. The number of hydrogen-bond acceptors (Lipinski definition) is 3. The van der Waals surface area contributed by atoms with Crippen LogP contribution in [-0.4, -0.2) is 16.0 Å². The maximum absolute atomic E-state index is 12.6. The van der Waals surface area contributed by atoms with E-state index in [1.807, 2.05) is 0 Å². The Morgan fingerprint density at radius 2 is 1.95 bits per heavy atom. The van der Waals surface area contributed by atoms with Crippen LogP contribution >= 0.6 is 0 Å². The molecule has 0 aliphatic heterocycles. The van der Waals surface area contributed by atoms with Crippen molar-refractivity contribution in [2.24, 2.45) is 7.05 Å². The smallest absolute Gasteiger partial charge is 0.416 e. The lowest BCUT2D eigenvalue weighted by molar-refractivity contribution is -0.137. The predicted molar refractivity (Wildman–Crippen MR) is 61.2 cm³/mol. The van der Waals surface area contributed by atoms with Crippen LogP contribution in [0.25, 0.3) is 10.9 Å². The zero-order chi connectivity index (χ0) is 14.4. The SMILES string of the molecule is Cn1c(=O)c(C=O)c(O)c2cc(C(F)(F)F)ccc21. The first kappa shape index (κ1) is 13.1. The van der Waals surface area contributed by atoms with Gasteiger partial charge in [0.05, 0.1) is 11.1 Å². The average Bonchev–Trinajstić information content (AvgIpc) is 2.35. The van der Waals surface area contributed by atoms with Crippen molar-refractivity contribution in [2.75, 3.05) is 0 Å². The molecule has 0 spiro atoms. The fourth-order valence-corrected chi connectivity index (χ4v) is 1.84. The Hall–Kier alpha value is -2.31. The Morgan fingerprint density at radius 3 is 2.47 bits per heavy atom. The number of hydrogen-bond donors (Lipinski definition) is 1. The van der Waals surface area contributed by atoms with Crippen molar-refractivity contribution in [1.29, 1.82) is 0 Å². The molecule has 0 radical (unpaired) electrons. The summed E-state index contributed by atoms with van der Waals surface area (Å²) in [7, 11) is 1.31. The van der Waals surface area contributed by atoms with E-state index >= 15 is 0 Å². The number of nitrogens with zero attached hydrogens (tertiary/aromatic N) is 1. The van der Waals surface area contributed by atoms with Gasteiger partial charge in [-0.3, -0.25) is 9.59 Å². The minimum absolute atomic E-state index is 0.112. The third-order valence-corrected chi connectivity index (χ3v) is 2.85. The van der Waals surface area contributed by atoms with Crippen molar-refractivity contribution in [3.63, 3.8) is 0 Å². The number of rotatable bonds is 1. The van der Waals surface area contributed by atoms with Gasteiger partial charge in [-0.05, 0) is 18.2 Å². The number of carbonyl (C=O) groups is 1. The zero-order valence-corrected chi connectivity index (χ0v) is 9.65. The van der Waals surface area contributed by atoms with E-state index in [1.165, 1.54) is 7.05 Å². The summed E-state index contributed by atoms with van der Waals surface area (Å²) < 4.78 is 38.8. The van der Waals surface area contributed by atoms with Gasteiger partial charge in [0.15, 0.2) is 6.29 Å². The maximum atomic E-state index is 12.6. The highest BCUT2D eigenvalue weighted by Gasteiger charge is 2.31. The van der Waals surface area contributed by atoms with Crippen LogP contribution < -0.4 is 5.56 Å². The van der Waals surface area contributed by atoms with Crippen LogP contribution in [0.1, 0.15) is 15.9 Å². The standard InChI is InChI=1S/C12H8F3NO3/c1-16-9-3-2-6(12(13,14)15)4-7(9)10(18)8(5-17)11(16)19/h2-5,18H,1H3. The lowest BCUT2D eigenvalue weighted by Crippen LogP contribution is -2.21. The Bertz CT molecular complexity index is 732. The number of benzene rings is 1. The molecule has 0 atom stereocenters. The fraction of sp³-hybridized carbons (Fsp3) is 0.167. The Labute approximate surface area is 104 Å². The lowest BCUT2D eigenvalue weighted by Gasteiger charge is -2.12. The van der Waals surface area contributed by atoms with Crippen molar-refractivity contribution in [3.05, 3.63) is 39.7 Å². The number of pyridine rings is 1. The molecule has 19 heavy (non-hydrogen) atoms. The van der Waals surface area contributed by atoms with E-state index < -0.39 is 28.6 Å². The van der Waals surface area contributed by atoms with Gasteiger partial charge in [0, 0.05) is 12.4 Å². The zero-order valence-electron chi connectivity index (χ0n) is 9.65. The van der Waals surface area contributed by atoms with Crippen molar-refractivity contribution >= 4 is 17.2 Å². The Balaban J connectivity index is 2.94. The predicted octanol–water partition coefficient (Wildman–Crippen LogP) is 2.08. The molecule has 0 bridgehead atoms. The molecule has 0 saturated heterocycles. The van der Waals surface area contributed by atoms with Gasteiger partial charge in [0.25, 0.3) is 5.56 Å². The van der Waals surface area contributed by atoms with E-state index in [0.717, 1.165) is 16.7 Å². The summed E-state index contributed by atoms with van der Waals surface area (Å²) in [5, 5.41) is 9.54. The van der Waals surface area contributed by atoms with Crippen LogP contribution in [0, 0.1) is 0 Å². The van der Waals surface area contributed by atoms with Gasteiger partial charge in [0.1, 0.15) is 11.3 Å². The van der Waals surface area contributed by atoms with E-state index in [0.29, 0.717) is 6.07 Å². The highest BCUT2D eigenvalue weighted by Crippen LogP contribution is 2.34. The molecule has 2 rings (SSSR count). The lowest BCUT2D eigenvalue weighted by atomic mass is 10.1. The van der Waals surface area contributed by atoms with Crippen LogP contribution in [0.3, 0.4) is 0 Å². The quantitative estimate of drug-likeness (QED) is 0.808. The molecule has 2 aromatic rings. The van der Waals surface area contributed by atoms with Crippen LogP contribution in [0.15, 0.2) is 23.0 Å².